The highest BCUT2D eigenvalue weighted by Crippen LogP contribution is 2.31. The van der Waals surface area contributed by atoms with Crippen LogP contribution in [0.5, 0.6) is 0 Å². The molecule has 0 amide bonds. The topological polar surface area (TPSA) is 20.2 Å². The second-order valence-corrected chi connectivity index (χ2v) is 5.48. The number of thioether (sulfide) groups is 1. The molecule has 0 aliphatic carbocycles. The summed E-state index contributed by atoms with van der Waals surface area (Å²) in [5.74, 6) is -0.108. The number of aliphatic hydroxyl groups is 1. The van der Waals surface area contributed by atoms with Gasteiger partial charge in [-0.05, 0) is 31.2 Å². The van der Waals surface area contributed by atoms with Crippen molar-refractivity contribution in [2.24, 2.45) is 5.92 Å². The molecule has 1 rings (SSSR count). The summed E-state index contributed by atoms with van der Waals surface area (Å²) in [6.07, 6.45) is 0.990. The van der Waals surface area contributed by atoms with Crippen LogP contribution in [0, 0.1) is 12.8 Å². The molecule has 18 heavy (non-hydrogen) atoms. The fourth-order valence-electron chi connectivity index (χ4n) is 1.66. The molecular weight excluding hydrogens is 261 g/mol. The molecule has 0 fully saturated rings. The van der Waals surface area contributed by atoms with Crippen molar-refractivity contribution in [1.82, 2.24) is 0 Å². The van der Waals surface area contributed by atoms with Crippen LogP contribution in [0.2, 0.25) is 0 Å². The molecule has 102 valence electrons. The average molecular weight is 278 g/mol. The summed E-state index contributed by atoms with van der Waals surface area (Å²) in [6.45, 7) is 1.90. The van der Waals surface area contributed by atoms with Crippen LogP contribution < -0.4 is 0 Å². The van der Waals surface area contributed by atoms with Gasteiger partial charge in [-0.3, -0.25) is 0 Å². The van der Waals surface area contributed by atoms with E-state index in [1.807, 2.05) is 31.2 Å². The summed E-state index contributed by atoms with van der Waals surface area (Å²) < 4.78 is 35.9. The van der Waals surface area contributed by atoms with Gasteiger partial charge in [-0.1, -0.05) is 41.6 Å². The van der Waals surface area contributed by atoms with Crippen molar-refractivity contribution < 1.29 is 18.3 Å². The lowest BCUT2D eigenvalue weighted by Gasteiger charge is -2.14. The summed E-state index contributed by atoms with van der Waals surface area (Å²) in [5, 5.41) is 9.18. The zero-order chi connectivity index (χ0) is 13.6. The van der Waals surface area contributed by atoms with Crippen molar-refractivity contribution in [2.45, 2.75) is 25.3 Å². The monoisotopic (exact) mass is 278 g/mol. The molecule has 0 radical (unpaired) electrons. The molecule has 0 aromatic heterocycles. The first-order chi connectivity index (χ1) is 8.40. The number of aliphatic hydroxyl groups excluding tert-OH is 1. The molecule has 0 saturated carbocycles. The SMILES string of the molecule is Cc1ccc(CC(CO)CCSC(F)(F)F)cc1. The summed E-state index contributed by atoms with van der Waals surface area (Å²) in [6, 6.07) is 7.84. The Bertz CT molecular complexity index is 348. The molecule has 1 N–H and O–H groups in total. The molecule has 0 spiro atoms. The van der Waals surface area contributed by atoms with E-state index >= 15 is 0 Å². The van der Waals surface area contributed by atoms with Gasteiger partial charge in [-0.2, -0.15) is 13.2 Å². The first kappa shape index (κ1) is 15.4. The zero-order valence-corrected chi connectivity index (χ0v) is 11.0. The third-order valence-electron chi connectivity index (χ3n) is 2.70. The Morgan fingerprint density at radius 3 is 2.33 bits per heavy atom. The van der Waals surface area contributed by atoms with Crippen molar-refractivity contribution in [3.05, 3.63) is 35.4 Å². The van der Waals surface area contributed by atoms with E-state index < -0.39 is 5.51 Å². The van der Waals surface area contributed by atoms with Crippen molar-refractivity contribution in [1.29, 1.82) is 0 Å². The first-order valence-corrected chi connectivity index (χ1v) is 6.76. The van der Waals surface area contributed by atoms with Crippen LogP contribution in [0.25, 0.3) is 0 Å². The zero-order valence-electron chi connectivity index (χ0n) is 10.2. The van der Waals surface area contributed by atoms with E-state index in [9.17, 15) is 18.3 Å². The van der Waals surface area contributed by atoms with Crippen LogP contribution >= 0.6 is 11.8 Å². The minimum atomic E-state index is -4.18. The van der Waals surface area contributed by atoms with Gasteiger partial charge >= 0.3 is 5.51 Å². The van der Waals surface area contributed by atoms with Gasteiger partial charge in [0.25, 0.3) is 0 Å². The van der Waals surface area contributed by atoms with Gasteiger partial charge in [0, 0.05) is 12.4 Å². The third kappa shape index (κ3) is 6.31. The maximum Gasteiger partial charge on any atom is 0.441 e. The van der Waals surface area contributed by atoms with Gasteiger partial charge < -0.3 is 5.11 Å². The quantitative estimate of drug-likeness (QED) is 0.854. The van der Waals surface area contributed by atoms with Crippen LogP contribution in [0.4, 0.5) is 13.2 Å². The van der Waals surface area contributed by atoms with Crippen molar-refractivity contribution in [3.63, 3.8) is 0 Å². The molecule has 0 heterocycles. The lowest BCUT2D eigenvalue weighted by Crippen LogP contribution is -2.12. The number of benzene rings is 1. The number of aryl methyl sites for hydroxylation is 1. The minimum Gasteiger partial charge on any atom is -0.396 e. The summed E-state index contributed by atoms with van der Waals surface area (Å²) in [5.41, 5.74) is -1.98. The van der Waals surface area contributed by atoms with Gasteiger partial charge in [0.2, 0.25) is 0 Å². The maximum absolute atomic E-state index is 12.0. The second kappa shape index (κ2) is 7.04. The number of hydrogen-bond donors (Lipinski definition) is 1. The van der Waals surface area contributed by atoms with Crippen molar-refractivity contribution >= 4 is 11.8 Å². The largest absolute Gasteiger partial charge is 0.441 e. The Hall–Kier alpha value is -0.680. The molecular formula is C13H17F3OS. The van der Waals surface area contributed by atoms with Crippen molar-refractivity contribution in [2.75, 3.05) is 12.4 Å². The predicted molar refractivity (Wildman–Crippen MR) is 68.6 cm³/mol. The Morgan fingerprint density at radius 2 is 1.83 bits per heavy atom. The Kier molecular flexibility index (Phi) is 6.02. The fraction of sp³-hybridized carbons (Fsp3) is 0.538. The van der Waals surface area contributed by atoms with Crippen LogP contribution in [0.3, 0.4) is 0 Å². The van der Waals surface area contributed by atoms with E-state index in [-0.39, 0.29) is 30.0 Å². The van der Waals surface area contributed by atoms with Crippen LogP contribution in [-0.4, -0.2) is 23.0 Å². The van der Waals surface area contributed by atoms with E-state index in [1.165, 1.54) is 0 Å². The number of halogens is 3. The molecule has 0 bridgehead atoms. The number of hydrogen-bond acceptors (Lipinski definition) is 2. The minimum absolute atomic E-state index is 0.000583. The molecule has 1 unspecified atom stereocenters. The molecule has 0 aliphatic rings. The van der Waals surface area contributed by atoms with Gasteiger partial charge in [0.15, 0.2) is 0 Å². The molecule has 1 nitrogen and oxygen atoms in total. The first-order valence-electron chi connectivity index (χ1n) is 5.78. The summed E-state index contributed by atoms with van der Waals surface area (Å²) in [7, 11) is 0. The normalized spacial score (nSPS) is 13.6. The Morgan fingerprint density at radius 1 is 1.22 bits per heavy atom. The highest BCUT2D eigenvalue weighted by Gasteiger charge is 2.28. The van der Waals surface area contributed by atoms with E-state index in [4.69, 9.17) is 0 Å². The number of rotatable bonds is 6. The molecule has 1 atom stereocenters. The van der Waals surface area contributed by atoms with Gasteiger partial charge in [-0.25, -0.2) is 0 Å². The molecule has 0 aliphatic heterocycles. The highest BCUT2D eigenvalue weighted by molar-refractivity contribution is 8.00. The molecule has 1 aromatic rings. The van der Waals surface area contributed by atoms with E-state index in [0.29, 0.717) is 12.8 Å². The molecule has 1 aromatic carbocycles. The highest BCUT2D eigenvalue weighted by atomic mass is 32.2. The average Bonchev–Trinajstić information content (AvgIpc) is 2.29. The Labute approximate surface area is 109 Å². The molecule has 5 heteroatoms. The van der Waals surface area contributed by atoms with Crippen LogP contribution in [0.1, 0.15) is 17.5 Å². The maximum atomic E-state index is 12.0. The fourth-order valence-corrected chi connectivity index (χ4v) is 2.34. The Balaban J connectivity index is 2.40. The van der Waals surface area contributed by atoms with Gasteiger partial charge in [0.1, 0.15) is 0 Å². The molecule has 0 saturated heterocycles. The van der Waals surface area contributed by atoms with E-state index in [1.54, 1.807) is 0 Å². The van der Waals surface area contributed by atoms with E-state index in [2.05, 4.69) is 0 Å². The van der Waals surface area contributed by atoms with E-state index in [0.717, 1.165) is 11.1 Å². The lowest BCUT2D eigenvalue weighted by atomic mass is 9.97. The van der Waals surface area contributed by atoms with Gasteiger partial charge in [0.05, 0.1) is 0 Å². The van der Waals surface area contributed by atoms with Gasteiger partial charge in [-0.15, -0.1) is 0 Å². The second-order valence-electron chi connectivity index (χ2n) is 4.32. The predicted octanol–water partition coefficient (Wildman–Crippen LogP) is 3.79. The summed E-state index contributed by atoms with van der Waals surface area (Å²) >= 11 is -0.0208. The van der Waals surface area contributed by atoms with Crippen LogP contribution in [-0.2, 0) is 6.42 Å². The smallest absolute Gasteiger partial charge is 0.396 e. The number of alkyl halides is 3. The third-order valence-corrected chi connectivity index (χ3v) is 3.46. The summed E-state index contributed by atoms with van der Waals surface area (Å²) in [4.78, 5) is 0. The van der Waals surface area contributed by atoms with Crippen LogP contribution in [0.15, 0.2) is 24.3 Å². The lowest BCUT2D eigenvalue weighted by molar-refractivity contribution is -0.0328. The van der Waals surface area contributed by atoms with Crippen molar-refractivity contribution in [3.8, 4) is 0 Å². The standard InChI is InChI=1S/C13H17F3OS/c1-10-2-4-11(5-3-10)8-12(9-17)6-7-18-13(14,15)16/h2-5,12,17H,6-9H2,1H3.